The first-order chi connectivity index (χ1) is 14.8. The molecule has 176 valence electrons. The Morgan fingerprint density at radius 1 is 1.38 bits per heavy atom. The molecule has 1 aliphatic heterocycles. The lowest BCUT2D eigenvalue weighted by molar-refractivity contribution is -0.274. The van der Waals surface area contributed by atoms with Gasteiger partial charge in [0.05, 0.1) is 29.8 Å². The van der Waals surface area contributed by atoms with Gasteiger partial charge in [0.1, 0.15) is 5.75 Å². The van der Waals surface area contributed by atoms with Crippen molar-refractivity contribution in [3.8, 4) is 11.8 Å². The number of rotatable bonds is 7. The topological polar surface area (TPSA) is 129 Å². The summed E-state index contributed by atoms with van der Waals surface area (Å²) in [5, 5.41) is 11.4. The van der Waals surface area contributed by atoms with E-state index in [4.69, 9.17) is 5.26 Å². The Hall–Kier alpha value is -2.85. The Balaban J connectivity index is 2.03. The van der Waals surface area contributed by atoms with Crippen LogP contribution >= 0.6 is 0 Å². The molecule has 1 fully saturated rings. The number of alkyl halides is 3. The molecule has 1 unspecified atom stereocenters. The minimum atomic E-state index is -4.96. The predicted molar refractivity (Wildman–Crippen MR) is 106 cm³/mol. The maximum absolute atomic E-state index is 12.7. The van der Waals surface area contributed by atoms with Crippen LogP contribution in [0.25, 0.3) is 0 Å². The minimum Gasteiger partial charge on any atom is -0.405 e. The number of halogens is 3. The number of amides is 2. The lowest BCUT2D eigenvalue weighted by Crippen LogP contribution is -2.51. The highest BCUT2D eigenvalue weighted by molar-refractivity contribution is 7.88. The van der Waals surface area contributed by atoms with Gasteiger partial charge in [-0.15, -0.1) is 13.2 Å². The molecule has 0 bridgehead atoms. The van der Waals surface area contributed by atoms with Gasteiger partial charge in [-0.05, 0) is 31.9 Å². The summed E-state index contributed by atoms with van der Waals surface area (Å²) in [6.45, 7) is 1.55. The first-order valence-corrected chi connectivity index (χ1v) is 11.5. The van der Waals surface area contributed by atoms with Gasteiger partial charge in [0.2, 0.25) is 21.8 Å². The van der Waals surface area contributed by atoms with E-state index in [2.05, 4.69) is 14.8 Å². The average Bonchev–Trinajstić information content (AvgIpc) is 2.69. The molecule has 0 spiro atoms. The molecule has 1 aromatic rings. The Morgan fingerprint density at radius 3 is 2.66 bits per heavy atom. The van der Waals surface area contributed by atoms with Crippen molar-refractivity contribution in [1.82, 2.24) is 14.9 Å². The lowest BCUT2D eigenvalue weighted by atomic mass is 9.96. The number of nitrogens with one attached hydrogen (secondary N) is 2. The van der Waals surface area contributed by atoms with Crippen LogP contribution in [0.2, 0.25) is 0 Å². The van der Waals surface area contributed by atoms with E-state index in [0.29, 0.717) is 19.4 Å². The fourth-order valence-corrected chi connectivity index (χ4v) is 4.10. The molecule has 2 amide bonds. The number of sulfonamides is 1. The number of ether oxygens (including phenoxy) is 1. The first kappa shape index (κ1) is 25.4. The largest absolute Gasteiger partial charge is 0.573 e. The molecular weight excluding hydrogens is 453 g/mol. The molecular formula is C19H23F3N4O5S. The number of likely N-dealkylation sites (tertiary alicyclic amines) is 1. The lowest BCUT2D eigenvalue weighted by Gasteiger charge is -2.33. The van der Waals surface area contributed by atoms with Gasteiger partial charge in [0.25, 0.3) is 0 Å². The van der Waals surface area contributed by atoms with Crippen molar-refractivity contribution in [2.75, 3.05) is 19.3 Å². The number of carbonyl (C=O) groups is 2. The molecule has 1 heterocycles. The van der Waals surface area contributed by atoms with E-state index in [1.165, 1.54) is 24.0 Å². The van der Waals surface area contributed by atoms with Crippen molar-refractivity contribution in [3.05, 3.63) is 29.3 Å². The molecule has 32 heavy (non-hydrogen) atoms. The van der Waals surface area contributed by atoms with Crippen LogP contribution in [0.1, 0.15) is 30.9 Å². The fourth-order valence-electron chi connectivity index (χ4n) is 3.35. The number of piperidine rings is 1. The maximum atomic E-state index is 12.7. The van der Waals surface area contributed by atoms with Crippen LogP contribution in [0, 0.1) is 17.2 Å². The summed E-state index contributed by atoms with van der Waals surface area (Å²) in [6.07, 6.45) is -3.06. The molecule has 2 rings (SSSR count). The summed E-state index contributed by atoms with van der Waals surface area (Å²) < 4.78 is 66.8. The monoisotopic (exact) mass is 476 g/mol. The van der Waals surface area contributed by atoms with Gasteiger partial charge in [0, 0.05) is 25.2 Å². The summed E-state index contributed by atoms with van der Waals surface area (Å²) in [4.78, 5) is 26.4. The van der Waals surface area contributed by atoms with E-state index in [-0.39, 0.29) is 24.2 Å². The summed E-state index contributed by atoms with van der Waals surface area (Å²) in [5.74, 6) is -2.13. The van der Waals surface area contributed by atoms with Gasteiger partial charge >= 0.3 is 6.36 Å². The first-order valence-electron chi connectivity index (χ1n) is 9.61. The minimum absolute atomic E-state index is 0.0300. The highest BCUT2D eigenvalue weighted by Gasteiger charge is 2.33. The highest BCUT2D eigenvalue weighted by Crippen LogP contribution is 2.28. The van der Waals surface area contributed by atoms with Crippen LogP contribution in [-0.2, 0) is 26.2 Å². The summed E-state index contributed by atoms with van der Waals surface area (Å²) in [7, 11) is -3.59. The van der Waals surface area contributed by atoms with Crippen LogP contribution in [-0.4, -0.2) is 56.9 Å². The molecule has 0 aromatic heterocycles. The summed E-state index contributed by atoms with van der Waals surface area (Å²) in [6, 6.07) is 4.23. The fraction of sp³-hybridized carbons (Fsp3) is 0.526. The highest BCUT2D eigenvalue weighted by atomic mass is 32.2. The molecule has 0 saturated carbocycles. The molecule has 0 aliphatic carbocycles. The van der Waals surface area contributed by atoms with E-state index in [1.54, 1.807) is 6.07 Å². The molecule has 13 heteroatoms. The second kappa shape index (κ2) is 10.2. The molecule has 0 radical (unpaired) electrons. The summed E-state index contributed by atoms with van der Waals surface area (Å²) in [5.41, 5.74) is 0.00183. The van der Waals surface area contributed by atoms with Crippen LogP contribution in [0.15, 0.2) is 18.2 Å². The Kier molecular flexibility index (Phi) is 8.08. The smallest absolute Gasteiger partial charge is 0.405 e. The quantitative estimate of drug-likeness (QED) is 0.610. The van der Waals surface area contributed by atoms with Crippen molar-refractivity contribution in [1.29, 1.82) is 5.26 Å². The number of nitrogens with zero attached hydrogens (tertiary/aromatic N) is 2. The molecule has 1 saturated heterocycles. The van der Waals surface area contributed by atoms with Crippen molar-refractivity contribution in [2.24, 2.45) is 5.92 Å². The Labute approximate surface area is 183 Å². The third-order valence-corrected chi connectivity index (χ3v) is 5.52. The van der Waals surface area contributed by atoms with Crippen molar-refractivity contribution in [3.63, 3.8) is 0 Å². The van der Waals surface area contributed by atoms with Crippen LogP contribution in [0.4, 0.5) is 13.2 Å². The zero-order chi connectivity index (χ0) is 24.1. The zero-order valence-electron chi connectivity index (χ0n) is 17.4. The van der Waals surface area contributed by atoms with E-state index in [0.717, 1.165) is 12.3 Å². The van der Waals surface area contributed by atoms with E-state index in [9.17, 15) is 31.2 Å². The Morgan fingerprint density at radius 2 is 2.06 bits per heavy atom. The van der Waals surface area contributed by atoms with Gasteiger partial charge < -0.3 is 15.0 Å². The molecule has 9 nitrogen and oxygen atoms in total. The zero-order valence-corrected chi connectivity index (χ0v) is 18.2. The van der Waals surface area contributed by atoms with Crippen LogP contribution in [0.3, 0.4) is 0 Å². The van der Waals surface area contributed by atoms with Crippen molar-refractivity contribution in [2.45, 2.75) is 38.7 Å². The van der Waals surface area contributed by atoms with Gasteiger partial charge in [-0.2, -0.15) is 5.26 Å². The third kappa shape index (κ3) is 7.69. The number of benzene rings is 1. The molecule has 1 aromatic carbocycles. The standard InChI is InChI=1S/C19H23F3N4O5S/c1-12(25-32(2,29)30)18(28)26-7-3-4-15(11-26)17(27)24-10-14-6-5-13(9-23)8-16(14)31-19(20,21)22/h5-6,8,12,15,25H,3-4,7,10-11H2,1-2H3,(H,24,27)/t12-,15?/m1/s1. The second-order valence-corrected chi connectivity index (χ2v) is 9.22. The van der Waals surface area contributed by atoms with E-state index >= 15 is 0 Å². The number of nitriles is 1. The average molecular weight is 476 g/mol. The maximum Gasteiger partial charge on any atom is 0.573 e. The number of hydrogen-bond donors (Lipinski definition) is 2. The van der Waals surface area contributed by atoms with Crippen molar-refractivity contribution >= 4 is 21.8 Å². The van der Waals surface area contributed by atoms with E-state index < -0.39 is 45.9 Å². The predicted octanol–water partition coefficient (Wildman–Crippen LogP) is 1.25. The van der Waals surface area contributed by atoms with Gasteiger partial charge in [-0.1, -0.05) is 6.07 Å². The normalized spacial score (nSPS) is 17.9. The third-order valence-electron chi connectivity index (χ3n) is 4.74. The molecule has 2 N–H and O–H groups in total. The SMILES string of the molecule is C[C@@H](NS(C)(=O)=O)C(=O)N1CCCC(C(=O)NCc2ccc(C#N)cc2OC(F)(F)F)C1. The van der Waals surface area contributed by atoms with Gasteiger partial charge in [-0.3, -0.25) is 9.59 Å². The van der Waals surface area contributed by atoms with Crippen LogP contribution < -0.4 is 14.8 Å². The number of hydrogen-bond acceptors (Lipinski definition) is 6. The Bertz CT molecular complexity index is 1010. The number of carbonyl (C=O) groups excluding carboxylic acids is 2. The van der Waals surface area contributed by atoms with Gasteiger partial charge in [-0.25, -0.2) is 13.1 Å². The second-order valence-electron chi connectivity index (χ2n) is 7.44. The van der Waals surface area contributed by atoms with Crippen molar-refractivity contribution < 1.29 is 35.9 Å². The van der Waals surface area contributed by atoms with Crippen LogP contribution in [0.5, 0.6) is 5.75 Å². The van der Waals surface area contributed by atoms with E-state index in [1.807, 2.05) is 0 Å². The summed E-state index contributed by atoms with van der Waals surface area (Å²) >= 11 is 0. The molecule has 1 aliphatic rings. The van der Waals surface area contributed by atoms with Gasteiger partial charge in [0.15, 0.2) is 0 Å². The molecule has 2 atom stereocenters.